The number of ether oxygens (including phenoxy) is 2. The highest BCUT2D eigenvalue weighted by molar-refractivity contribution is 5.90. The monoisotopic (exact) mass is 828 g/mol. The number of nitrogens with zero attached hydrogens (tertiary/aromatic N) is 3. The summed E-state index contributed by atoms with van der Waals surface area (Å²) in [6.07, 6.45) is 3.94. The molecule has 1 fully saturated rings. The number of aliphatic hydroxyl groups is 1. The molecular formula is C48H81N3O8. The van der Waals surface area contributed by atoms with E-state index in [2.05, 4.69) is 18.7 Å². The van der Waals surface area contributed by atoms with Gasteiger partial charge in [0.05, 0.1) is 42.9 Å². The van der Waals surface area contributed by atoms with E-state index in [4.69, 9.17) is 9.47 Å². The lowest BCUT2D eigenvalue weighted by Gasteiger charge is -2.41. The number of likely N-dealkylation sites (tertiary alicyclic amines) is 1. The molecule has 0 radical (unpaired) electrons. The predicted octanol–water partition coefficient (Wildman–Crippen LogP) is 7.57. The van der Waals surface area contributed by atoms with Gasteiger partial charge in [-0.2, -0.15) is 0 Å². The average molecular weight is 828 g/mol. The zero-order chi connectivity index (χ0) is 44.6. The van der Waals surface area contributed by atoms with E-state index >= 15 is 0 Å². The zero-order valence-electron chi connectivity index (χ0n) is 38.9. The number of hydrogen-bond donors (Lipinski definition) is 1. The van der Waals surface area contributed by atoms with Crippen LogP contribution in [0.1, 0.15) is 138 Å². The second kappa shape index (κ2) is 25.7. The number of methoxy groups -OCH3 is 2. The first-order valence-electron chi connectivity index (χ1n) is 22.4. The summed E-state index contributed by atoms with van der Waals surface area (Å²) >= 11 is 0. The van der Waals surface area contributed by atoms with Gasteiger partial charge in [-0.05, 0) is 75.4 Å². The number of ketones is 3. The standard InChI is InChI=1S/C48H81N3O8/c1-14-33(6)45(50(11)48(57)38(31(2)3)29-41(54)44(32(4)5)49(10)26-20-16-17-22-35(8)52)42(58-12)30-43(55)51-27-21-25-39(51)47(59-13)36(9)40(53)28-34(7)46(56)37-23-18-15-19-24-37/h15,18-19,23-24,31-34,36,38-39,42,44-47,56H,14,16-17,20-22,25-30H2,1-13H3/t33-,34-,36-,38-,39-,42+,44-,45-,46+,47+/m0/s1. The summed E-state index contributed by atoms with van der Waals surface area (Å²) in [6.45, 7) is 18.8. The SMILES string of the molecule is CC[C@H](C)[C@@H]([C@@H](CC(=O)N1CCC[C@H]1[C@H](OC)[C@@H](C)C(=O)C[C@H](C)[C@@H](O)c1ccccc1)OC)N(C)C(=O)[C@@H](CC(=O)[C@H](C(C)C)N(C)CCCCCC(C)=O)C(C)C. The maximum atomic E-state index is 14.5. The second-order valence-electron chi connectivity index (χ2n) is 18.3. The highest BCUT2D eigenvalue weighted by Gasteiger charge is 2.43. The fourth-order valence-electron chi connectivity index (χ4n) is 9.32. The first kappa shape index (κ1) is 52.1. The lowest BCUT2D eigenvalue weighted by Crippen LogP contribution is -2.54. The molecule has 1 aliphatic heterocycles. The third-order valence-corrected chi connectivity index (χ3v) is 13.1. The Kier molecular flexibility index (Phi) is 22.7. The van der Waals surface area contributed by atoms with Crippen molar-refractivity contribution in [3.05, 3.63) is 35.9 Å². The summed E-state index contributed by atoms with van der Waals surface area (Å²) in [5, 5.41) is 10.9. The van der Waals surface area contributed by atoms with Crippen LogP contribution in [0.3, 0.4) is 0 Å². The van der Waals surface area contributed by atoms with Crippen LogP contribution in [0.15, 0.2) is 30.3 Å². The molecule has 2 amide bonds. The van der Waals surface area contributed by atoms with E-state index in [1.54, 1.807) is 33.1 Å². The molecule has 336 valence electrons. The number of hydrogen-bond acceptors (Lipinski definition) is 9. The number of carbonyl (C=O) groups excluding carboxylic acids is 5. The van der Waals surface area contributed by atoms with Crippen molar-refractivity contribution in [1.82, 2.24) is 14.7 Å². The Hall–Kier alpha value is -2.99. The number of carbonyl (C=O) groups is 5. The summed E-state index contributed by atoms with van der Waals surface area (Å²) in [5.74, 6) is -1.38. The van der Waals surface area contributed by atoms with E-state index < -0.39 is 36.2 Å². The number of likely N-dealkylation sites (N-methyl/N-ethyl adjacent to an activating group) is 2. The molecule has 0 aliphatic carbocycles. The third kappa shape index (κ3) is 15.2. The van der Waals surface area contributed by atoms with Crippen LogP contribution < -0.4 is 0 Å². The van der Waals surface area contributed by atoms with E-state index in [0.717, 1.165) is 44.2 Å². The Morgan fingerprint density at radius 2 is 1.47 bits per heavy atom. The van der Waals surface area contributed by atoms with E-state index in [1.807, 2.05) is 83.8 Å². The van der Waals surface area contributed by atoms with Gasteiger partial charge in [-0.3, -0.25) is 24.1 Å². The molecule has 11 nitrogen and oxygen atoms in total. The van der Waals surface area contributed by atoms with E-state index in [-0.39, 0.29) is 84.2 Å². The Labute approximate surface area is 357 Å². The van der Waals surface area contributed by atoms with Crippen molar-refractivity contribution in [2.24, 2.45) is 35.5 Å². The fraction of sp³-hybridized carbons (Fsp3) is 0.771. The van der Waals surface area contributed by atoms with Gasteiger partial charge in [0.1, 0.15) is 11.6 Å². The smallest absolute Gasteiger partial charge is 0.226 e. The molecule has 0 aromatic heterocycles. The van der Waals surface area contributed by atoms with Gasteiger partial charge in [-0.1, -0.05) is 98.6 Å². The number of unbranched alkanes of at least 4 members (excludes halogenated alkanes) is 2. The minimum absolute atomic E-state index is 0.00488. The average Bonchev–Trinajstić information content (AvgIpc) is 3.68. The Bertz CT molecular complexity index is 1450. The normalized spacial score (nSPS) is 19.2. The maximum Gasteiger partial charge on any atom is 0.226 e. The van der Waals surface area contributed by atoms with Gasteiger partial charge in [0.2, 0.25) is 11.8 Å². The summed E-state index contributed by atoms with van der Waals surface area (Å²) in [7, 11) is 6.93. The third-order valence-electron chi connectivity index (χ3n) is 13.1. The van der Waals surface area contributed by atoms with Crippen LogP contribution in [-0.2, 0) is 33.4 Å². The van der Waals surface area contributed by atoms with Crippen molar-refractivity contribution < 1.29 is 38.6 Å². The van der Waals surface area contributed by atoms with Crippen LogP contribution in [0, 0.1) is 35.5 Å². The van der Waals surface area contributed by atoms with Gasteiger partial charge < -0.3 is 29.2 Å². The van der Waals surface area contributed by atoms with Crippen molar-refractivity contribution >= 4 is 29.2 Å². The van der Waals surface area contributed by atoms with Crippen molar-refractivity contribution in [1.29, 1.82) is 0 Å². The highest BCUT2D eigenvalue weighted by Crippen LogP contribution is 2.33. The molecule has 59 heavy (non-hydrogen) atoms. The van der Waals surface area contributed by atoms with Gasteiger partial charge in [0.15, 0.2) is 5.78 Å². The molecule has 0 saturated carbocycles. The van der Waals surface area contributed by atoms with Crippen molar-refractivity contribution in [3.8, 4) is 0 Å². The maximum absolute atomic E-state index is 14.5. The molecule has 11 heteroatoms. The van der Waals surface area contributed by atoms with Gasteiger partial charge in [-0.15, -0.1) is 0 Å². The fourth-order valence-corrected chi connectivity index (χ4v) is 9.32. The van der Waals surface area contributed by atoms with E-state index in [1.165, 1.54) is 0 Å². The van der Waals surface area contributed by atoms with Crippen LogP contribution in [0.5, 0.6) is 0 Å². The lowest BCUT2D eigenvalue weighted by molar-refractivity contribution is -0.149. The Morgan fingerprint density at radius 3 is 2.02 bits per heavy atom. The minimum atomic E-state index is -0.770. The Balaban J connectivity index is 2.23. The zero-order valence-corrected chi connectivity index (χ0v) is 38.9. The molecule has 1 N–H and O–H groups in total. The molecule has 1 aliphatic rings. The van der Waals surface area contributed by atoms with Crippen LogP contribution in [-0.4, -0.2) is 121 Å². The summed E-state index contributed by atoms with van der Waals surface area (Å²) < 4.78 is 12.1. The molecule has 2 rings (SSSR count). The molecule has 1 saturated heterocycles. The largest absolute Gasteiger partial charge is 0.388 e. The molecule has 0 spiro atoms. The van der Waals surface area contributed by atoms with Gasteiger partial charge >= 0.3 is 0 Å². The number of benzene rings is 1. The Morgan fingerprint density at radius 1 is 0.831 bits per heavy atom. The van der Waals surface area contributed by atoms with Crippen LogP contribution >= 0.6 is 0 Å². The number of aliphatic hydroxyl groups excluding tert-OH is 1. The van der Waals surface area contributed by atoms with Gasteiger partial charge in [-0.25, -0.2) is 0 Å². The minimum Gasteiger partial charge on any atom is -0.388 e. The number of Topliss-reactive ketones (excluding diaryl/α,β-unsaturated/α-hetero) is 3. The van der Waals surface area contributed by atoms with Crippen molar-refractivity contribution in [2.75, 3.05) is 41.4 Å². The molecule has 10 atom stereocenters. The van der Waals surface area contributed by atoms with Crippen molar-refractivity contribution in [2.45, 2.75) is 163 Å². The molecule has 0 unspecified atom stereocenters. The summed E-state index contributed by atoms with van der Waals surface area (Å²) in [4.78, 5) is 73.6. The topological polar surface area (TPSA) is 134 Å². The van der Waals surface area contributed by atoms with Crippen molar-refractivity contribution in [3.63, 3.8) is 0 Å². The van der Waals surface area contributed by atoms with E-state index in [0.29, 0.717) is 19.4 Å². The predicted molar refractivity (Wildman–Crippen MR) is 235 cm³/mol. The lowest BCUT2D eigenvalue weighted by atomic mass is 9.83. The quantitative estimate of drug-likeness (QED) is 0.0850. The van der Waals surface area contributed by atoms with Crippen LogP contribution in [0.25, 0.3) is 0 Å². The molecule has 1 aromatic rings. The number of rotatable bonds is 28. The molecule has 1 aromatic carbocycles. The second-order valence-corrected chi connectivity index (χ2v) is 18.3. The molecule has 1 heterocycles. The summed E-state index contributed by atoms with van der Waals surface area (Å²) in [6, 6.07) is 8.30. The van der Waals surface area contributed by atoms with E-state index in [9.17, 15) is 29.1 Å². The molecular weight excluding hydrogens is 747 g/mol. The van der Waals surface area contributed by atoms with Gasteiger partial charge in [0, 0.05) is 58.9 Å². The molecule has 0 bridgehead atoms. The van der Waals surface area contributed by atoms with Crippen LogP contribution in [0.4, 0.5) is 0 Å². The summed E-state index contributed by atoms with van der Waals surface area (Å²) in [5.41, 5.74) is 0.772. The van der Waals surface area contributed by atoms with Gasteiger partial charge in [0.25, 0.3) is 0 Å². The highest BCUT2D eigenvalue weighted by atomic mass is 16.5. The first-order chi connectivity index (χ1) is 27.8. The first-order valence-corrected chi connectivity index (χ1v) is 22.4. The van der Waals surface area contributed by atoms with Crippen LogP contribution in [0.2, 0.25) is 0 Å². The number of amides is 2.